The fourth-order valence-electron chi connectivity index (χ4n) is 3.87. The summed E-state index contributed by atoms with van der Waals surface area (Å²) in [4.78, 5) is 2.66. The van der Waals surface area contributed by atoms with Crippen LogP contribution in [0.4, 0.5) is 0 Å². The molecule has 2 nitrogen and oxygen atoms in total. The van der Waals surface area contributed by atoms with E-state index >= 15 is 0 Å². The lowest BCUT2D eigenvalue weighted by molar-refractivity contribution is 0.197. The van der Waals surface area contributed by atoms with Crippen LogP contribution < -0.4 is 5.32 Å². The van der Waals surface area contributed by atoms with Gasteiger partial charge in [-0.15, -0.1) is 0 Å². The topological polar surface area (TPSA) is 15.3 Å². The van der Waals surface area contributed by atoms with Crippen LogP contribution in [-0.4, -0.2) is 37.1 Å². The minimum atomic E-state index is 0.591. The largest absolute Gasteiger partial charge is 0.313 e. The molecule has 2 aliphatic rings. The highest BCUT2D eigenvalue weighted by Crippen LogP contribution is 2.35. The van der Waals surface area contributed by atoms with Gasteiger partial charge >= 0.3 is 0 Å². The molecular formula is C17H34N2. The van der Waals surface area contributed by atoms with Crippen molar-refractivity contribution in [2.75, 3.05) is 26.2 Å². The Hall–Kier alpha value is -0.0800. The number of rotatable bonds is 5. The Morgan fingerprint density at radius 1 is 1.05 bits per heavy atom. The number of hydrogen-bond acceptors (Lipinski definition) is 2. The third-order valence-corrected chi connectivity index (χ3v) is 5.24. The van der Waals surface area contributed by atoms with Gasteiger partial charge in [0, 0.05) is 12.6 Å². The van der Waals surface area contributed by atoms with E-state index in [1.54, 1.807) is 0 Å². The highest BCUT2D eigenvalue weighted by atomic mass is 15.1. The summed E-state index contributed by atoms with van der Waals surface area (Å²) in [6.45, 7) is 9.98. The summed E-state index contributed by atoms with van der Waals surface area (Å²) in [5.41, 5.74) is 0.591. The van der Waals surface area contributed by atoms with Crippen molar-refractivity contribution in [3.63, 3.8) is 0 Å². The Morgan fingerprint density at radius 2 is 1.84 bits per heavy atom. The Kier molecular flexibility index (Phi) is 6.15. The number of nitrogens with one attached hydrogen (secondary N) is 1. The van der Waals surface area contributed by atoms with E-state index in [1.807, 2.05) is 0 Å². The van der Waals surface area contributed by atoms with Crippen molar-refractivity contribution in [3.05, 3.63) is 0 Å². The number of nitrogens with zero attached hydrogens (tertiary/aromatic N) is 1. The average Bonchev–Trinajstić information content (AvgIpc) is 2.64. The molecule has 0 spiro atoms. The molecule has 1 N–H and O–H groups in total. The van der Waals surface area contributed by atoms with Gasteiger partial charge in [-0.1, -0.05) is 33.1 Å². The maximum atomic E-state index is 3.91. The molecule has 0 amide bonds. The van der Waals surface area contributed by atoms with Crippen LogP contribution in [0.2, 0.25) is 0 Å². The highest BCUT2D eigenvalue weighted by Gasteiger charge is 2.27. The molecule has 112 valence electrons. The first-order valence-electron chi connectivity index (χ1n) is 8.68. The lowest BCUT2D eigenvalue weighted by atomic mass is 9.75. The minimum Gasteiger partial charge on any atom is -0.313 e. The third-order valence-electron chi connectivity index (χ3n) is 5.24. The van der Waals surface area contributed by atoms with Gasteiger partial charge in [-0.3, -0.25) is 0 Å². The maximum absolute atomic E-state index is 3.91. The van der Waals surface area contributed by atoms with Gasteiger partial charge in [0.05, 0.1) is 0 Å². The zero-order valence-corrected chi connectivity index (χ0v) is 13.2. The molecule has 1 heterocycles. The van der Waals surface area contributed by atoms with Crippen LogP contribution in [0.3, 0.4) is 0 Å². The van der Waals surface area contributed by atoms with Gasteiger partial charge in [-0.05, 0) is 63.6 Å². The Bertz CT molecular complexity index is 246. The summed E-state index contributed by atoms with van der Waals surface area (Å²) < 4.78 is 0. The second-order valence-corrected chi connectivity index (χ2v) is 7.22. The monoisotopic (exact) mass is 266 g/mol. The van der Waals surface area contributed by atoms with Crippen molar-refractivity contribution in [1.82, 2.24) is 10.2 Å². The third kappa shape index (κ3) is 5.07. The standard InChI is InChI=1S/C17H34N2/c1-3-12-19-13-7-8-16(9-14-19)18-15-17(2)10-5-4-6-11-17/h16,18H,3-15H2,1-2H3. The number of hydrogen-bond donors (Lipinski definition) is 1. The predicted octanol–water partition coefficient (Wildman–Crippen LogP) is 3.81. The van der Waals surface area contributed by atoms with E-state index in [2.05, 4.69) is 24.1 Å². The molecule has 1 atom stereocenters. The van der Waals surface area contributed by atoms with Crippen molar-refractivity contribution in [1.29, 1.82) is 0 Å². The van der Waals surface area contributed by atoms with Gasteiger partial charge in [-0.25, -0.2) is 0 Å². The summed E-state index contributed by atoms with van der Waals surface area (Å²) in [5, 5.41) is 3.91. The van der Waals surface area contributed by atoms with Gasteiger partial charge in [0.1, 0.15) is 0 Å². The van der Waals surface area contributed by atoms with E-state index in [-0.39, 0.29) is 0 Å². The first-order valence-corrected chi connectivity index (χ1v) is 8.68. The van der Waals surface area contributed by atoms with Crippen LogP contribution in [-0.2, 0) is 0 Å². The molecule has 0 aromatic heterocycles. The maximum Gasteiger partial charge on any atom is 0.00799 e. The first-order chi connectivity index (χ1) is 9.22. The summed E-state index contributed by atoms with van der Waals surface area (Å²) in [6, 6.07) is 0.778. The SMILES string of the molecule is CCCN1CCCC(NCC2(C)CCCCC2)CC1. The van der Waals surface area contributed by atoms with Crippen molar-refractivity contribution in [2.45, 2.75) is 77.7 Å². The first kappa shape index (κ1) is 15.3. The van der Waals surface area contributed by atoms with E-state index in [9.17, 15) is 0 Å². The van der Waals surface area contributed by atoms with Crippen molar-refractivity contribution in [3.8, 4) is 0 Å². The molecular weight excluding hydrogens is 232 g/mol. The molecule has 0 aromatic rings. The molecule has 1 aliphatic heterocycles. The van der Waals surface area contributed by atoms with Crippen molar-refractivity contribution in [2.24, 2.45) is 5.41 Å². The zero-order valence-electron chi connectivity index (χ0n) is 13.2. The molecule has 19 heavy (non-hydrogen) atoms. The van der Waals surface area contributed by atoms with E-state index in [0.29, 0.717) is 5.41 Å². The average molecular weight is 266 g/mol. The molecule has 0 aromatic carbocycles. The minimum absolute atomic E-state index is 0.591. The van der Waals surface area contributed by atoms with Crippen LogP contribution in [0.5, 0.6) is 0 Å². The van der Waals surface area contributed by atoms with E-state index in [0.717, 1.165) is 6.04 Å². The lowest BCUT2D eigenvalue weighted by Crippen LogP contribution is -2.40. The summed E-state index contributed by atoms with van der Waals surface area (Å²) in [6.07, 6.45) is 12.7. The van der Waals surface area contributed by atoms with Crippen LogP contribution in [0.15, 0.2) is 0 Å². The van der Waals surface area contributed by atoms with E-state index in [4.69, 9.17) is 0 Å². The van der Waals surface area contributed by atoms with Crippen molar-refractivity contribution < 1.29 is 0 Å². The van der Waals surface area contributed by atoms with Crippen molar-refractivity contribution >= 4 is 0 Å². The van der Waals surface area contributed by atoms with E-state index < -0.39 is 0 Å². The molecule has 1 aliphatic carbocycles. The predicted molar refractivity (Wildman–Crippen MR) is 83.6 cm³/mol. The molecule has 2 rings (SSSR count). The molecule has 0 bridgehead atoms. The fourth-order valence-corrected chi connectivity index (χ4v) is 3.87. The normalized spacial score (nSPS) is 29.1. The smallest absolute Gasteiger partial charge is 0.00799 e. The van der Waals surface area contributed by atoms with Gasteiger partial charge in [0.2, 0.25) is 0 Å². The van der Waals surface area contributed by atoms with Gasteiger partial charge in [0.25, 0.3) is 0 Å². The summed E-state index contributed by atoms with van der Waals surface area (Å²) in [5.74, 6) is 0. The van der Waals surface area contributed by atoms with Gasteiger partial charge in [-0.2, -0.15) is 0 Å². The molecule has 1 saturated heterocycles. The summed E-state index contributed by atoms with van der Waals surface area (Å²) in [7, 11) is 0. The lowest BCUT2D eigenvalue weighted by Gasteiger charge is -2.35. The van der Waals surface area contributed by atoms with Gasteiger partial charge < -0.3 is 10.2 Å². The fraction of sp³-hybridized carbons (Fsp3) is 1.00. The second-order valence-electron chi connectivity index (χ2n) is 7.22. The van der Waals surface area contributed by atoms with Crippen LogP contribution in [0.25, 0.3) is 0 Å². The second kappa shape index (κ2) is 7.64. The zero-order chi connectivity index (χ0) is 13.6. The molecule has 1 saturated carbocycles. The Balaban J connectivity index is 1.70. The molecule has 2 fully saturated rings. The number of likely N-dealkylation sites (tertiary alicyclic amines) is 1. The highest BCUT2D eigenvalue weighted by molar-refractivity contribution is 4.83. The quantitative estimate of drug-likeness (QED) is 0.814. The van der Waals surface area contributed by atoms with Crippen LogP contribution in [0, 0.1) is 5.41 Å². The Labute approximate surface area is 120 Å². The van der Waals surface area contributed by atoms with E-state index in [1.165, 1.54) is 84.0 Å². The van der Waals surface area contributed by atoms with Crippen LogP contribution >= 0.6 is 0 Å². The molecule has 1 unspecified atom stereocenters. The molecule has 2 heteroatoms. The Morgan fingerprint density at radius 3 is 2.58 bits per heavy atom. The van der Waals surface area contributed by atoms with Crippen LogP contribution in [0.1, 0.15) is 71.6 Å². The molecule has 0 radical (unpaired) electrons. The van der Waals surface area contributed by atoms with Gasteiger partial charge in [0.15, 0.2) is 0 Å². The summed E-state index contributed by atoms with van der Waals surface area (Å²) >= 11 is 0.